The Morgan fingerprint density at radius 3 is 2.50 bits per heavy atom. The average molecular weight is 448 g/mol. The van der Waals surface area contributed by atoms with Gasteiger partial charge in [-0.1, -0.05) is 66.7 Å². The smallest absolute Gasteiger partial charge is 0.198 e. The standard InChI is InChI=1S/C29H25N3O2/c1-2-6-22(7-3-1)16-31-17-26(18-32-20-30-21-34-32)28-15-27(12-13-29(28)31)33-19-23-10-11-24-8-4-5-9-25(24)14-23/h1-15,17,21H,16,18-20H2. The molecule has 0 unspecified atom stereocenters. The molecule has 1 aliphatic rings. The van der Waals surface area contributed by atoms with Crippen molar-refractivity contribution in [1.82, 2.24) is 9.63 Å². The van der Waals surface area contributed by atoms with Crippen LogP contribution < -0.4 is 4.74 Å². The van der Waals surface area contributed by atoms with Gasteiger partial charge in [0.1, 0.15) is 19.0 Å². The minimum Gasteiger partial charge on any atom is -0.489 e. The quantitative estimate of drug-likeness (QED) is 0.300. The Balaban J connectivity index is 1.28. The number of benzene rings is 4. The van der Waals surface area contributed by atoms with Crippen LogP contribution in [-0.4, -0.2) is 22.7 Å². The molecule has 0 saturated carbocycles. The van der Waals surface area contributed by atoms with Gasteiger partial charge in [-0.05, 0) is 51.7 Å². The van der Waals surface area contributed by atoms with Gasteiger partial charge in [0.05, 0.1) is 6.54 Å². The van der Waals surface area contributed by atoms with E-state index in [1.165, 1.54) is 39.2 Å². The molecule has 1 aliphatic heterocycles. The van der Waals surface area contributed by atoms with Gasteiger partial charge in [-0.2, -0.15) is 0 Å². The fourth-order valence-electron chi connectivity index (χ4n) is 4.51. The fraction of sp³-hybridized carbons (Fsp3) is 0.138. The van der Waals surface area contributed by atoms with Crippen molar-refractivity contribution in [3.05, 3.63) is 114 Å². The molecule has 6 rings (SSSR count). The summed E-state index contributed by atoms with van der Waals surface area (Å²) in [6.07, 6.45) is 3.72. The predicted octanol–water partition coefficient (Wildman–Crippen LogP) is 6.15. The molecule has 0 radical (unpaired) electrons. The van der Waals surface area contributed by atoms with E-state index in [1.807, 2.05) is 11.1 Å². The molecule has 5 nitrogen and oxygen atoms in total. The molecule has 2 heterocycles. The zero-order valence-electron chi connectivity index (χ0n) is 18.8. The molecule has 0 saturated heterocycles. The summed E-state index contributed by atoms with van der Waals surface area (Å²) >= 11 is 0. The lowest BCUT2D eigenvalue weighted by Crippen LogP contribution is -2.17. The second-order valence-corrected chi connectivity index (χ2v) is 8.59. The molecule has 0 aliphatic carbocycles. The lowest BCUT2D eigenvalue weighted by atomic mass is 10.1. The van der Waals surface area contributed by atoms with Gasteiger partial charge >= 0.3 is 0 Å². The van der Waals surface area contributed by atoms with Crippen molar-refractivity contribution in [1.29, 1.82) is 0 Å². The Labute approximate surface area is 198 Å². The molecule has 0 atom stereocenters. The number of ether oxygens (including phenoxy) is 1. The van der Waals surface area contributed by atoms with Crippen LogP contribution in [0, 0.1) is 0 Å². The minimum absolute atomic E-state index is 0.527. The molecule has 0 fully saturated rings. The third-order valence-corrected chi connectivity index (χ3v) is 6.21. The number of nitrogens with zero attached hydrogens (tertiary/aromatic N) is 3. The van der Waals surface area contributed by atoms with Crippen LogP contribution in [0.25, 0.3) is 21.7 Å². The summed E-state index contributed by atoms with van der Waals surface area (Å²) in [6.45, 7) is 2.54. The van der Waals surface area contributed by atoms with Crippen LogP contribution in [0.3, 0.4) is 0 Å². The van der Waals surface area contributed by atoms with E-state index in [0.717, 1.165) is 17.9 Å². The largest absolute Gasteiger partial charge is 0.489 e. The lowest BCUT2D eigenvalue weighted by Gasteiger charge is -2.12. The Morgan fingerprint density at radius 2 is 1.65 bits per heavy atom. The first-order chi connectivity index (χ1) is 16.8. The molecule has 0 N–H and O–H groups in total. The van der Waals surface area contributed by atoms with Crippen LogP contribution in [0.2, 0.25) is 0 Å². The third-order valence-electron chi connectivity index (χ3n) is 6.21. The van der Waals surface area contributed by atoms with Gasteiger partial charge in [-0.3, -0.25) is 0 Å². The summed E-state index contributed by atoms with van der Waals surface area (Å²) in [5.74, 6) is 0.859. The van der Waals surface area contributed by atoms with Crippen LogP contribution in [0.4, 0.5) is 0 Å². The molecule has 4 aromatic carbocycles. The van der Waals surface area contributed by atoms with Gasteiger partial charge < -0.3 is 14.1 Å². The Hall–Kier alpha value is -4.09. The van der Waals surface area contributed by atoms with Crippen LogP contribution in [-0.2, 0) is 24.5 Å². The van der Waals surface area contributed by atoms with E-state index in [-0.39, 0.29) is 0 Å². The van der Waals surface area contributed by atoms with E-state index in [1.54, 1.807) is 0 Å². The zero-order valence-corrected chi connectivity index (χ0v) is 18.8. The summed E-state index contributed by atoms with van der Waals surface area (Å²) in [5.41, 5.74) is 4.79. The van der Waals surface area contributed by atoms with Crippen LogP contribution in [0.5, 0.6) is 5.75 Å². The molecular weight excluding hydrogens is 422 g/mol. The predicted molar refractivity (Wildman–Crippen MR) is 136 cm³/mol. The van der Waals surface area contributed by atoms with Crippen LogP contribution in [0.1, 0.15) is 16.7 Å². The van der Waals surface area contributed by atoms with Gasteiger partial charge in [0, 0.05) is 23.6 Å². The normalized spacial score (nSPS) is 13.5. The maximum Gasteiger partial charge on any atom is 0.198 e. The van der Waals surface area contributed by atoms with Crippen molar-refractivity contribution in [2.24, 2.45) is 4.99 Å². The van der Waals surface area contributed by atoms with Crippen LogP contribution >= 0.6 is 0 Å². The first-order valence-electron chi connectivity index (χ1n) is 11.5. The summed E-state index contributed by atoms with van der Waals surface area (Å²) in [5, 5.41) is 5.49. The number of hydrogen-bond acceptors (Lipinski definition) is 4. The zero-order chi connectivity index (χ0) is 22.7. The van der Waals surface area contributed by atoms with Crippen molar-refractivity contribution < 1.29 is 9.57 Å². The molecule has 5 heteroatoms. The maximum absolute atomic E-state index is 6.22. The molecule has 1 aromatic heterocycles. The number of aliphatic imine (C=N–C) groups is 1. The fourth-order valence-corrected chi connectivity index (χ4v) is 4.51. The maximum atomic E-state index is 6.22. The Bertz CT molecular complexity index is 1470. The summed E-state index contributed by atoms with van der Waals surface area (Å²) in [4.78, 5) is 9.67. The Morgan fingerprint density at radius 1 is 0.794 bits per heavy atom. The van der Waals surface area contributed by atoms with Gasteiger partial charge in [-0.25, -0.2) is 4.99 Å². The first-order valence-corrected chi connectivity index (χ1v) is 11.5. The Kier molecular flexibility index (Phi) is 5.45. The van der Waals surface area contributed by atoms with Crippen molar-refractivity contribution in [3.8, 4) is 5.75 Å². The SMILES string of the molecule is C1=NCN(Cc2cn(Cc3ccccc3)c3ccc(OCc4ccc5ccccc5c4)cc23)O1. The minimum atomic E-state index is 0.527. The van der Waals surface area contributed by atoms with E-state index in [4.69, 9.17) is 9.57 Å². The summed E-state index contributed by atoms with van der Waals surface area (Å²) in [6, 6.07) is 31.7. The van der Waals surface area contributed by atoms with Gasteiger partial charge in [0.25, 0.3) is 0 Å². The molecule has 0 bridgehead atoms. The number of rotatable bonds is 7. The number of hydrogen-bond donors (Lipinski definition) is 0. The summed E-state index contributed by atoms with van der Waals surface area (Å²) in [7, 11) is 0. The number of hydroxylamine groups is 2. The number of aromatic nitrogens is 1. The summed E-state index contributed by atoms with van der Waals surface area (Å²) < 4.78 is 8.52. The second-order valence-electron chi connectivity index (χ2n) is 8.59. The first kappa shape index (κ1) is 20.5. The van der Waals surface area contributed by atoms with Crippen molar-refractivity contribution in [3.63, 3.8) is 0 Å². The topological polar surface area (TPSA) is 39.0 Å². The molecule has 168 valence electrons. The highest BCUT2D eigenvalue weighted by Crippen LogP contribution is 2.29. The number of fused-ring (bicyclic) bond motifs is 2. The van der Waals surface area contributed by atoms with E-state index in [0.29, 0.717) is 19.8 Å². The van der Waals surface area contributed by atoms with Crippen molar-refractivity contribution >= 4 is 28.1 Å². The van der Waals surface area contributed by atoms with E-state index in [2.05, 4.69) is 101 Å². The molecule has 5 aromatic rings. The monoisotopic (exact) mass is 447 g/mol. The molecule has 0 amide bonds. The average Bonchev–Trinajstić information content (AvgIpc) is 3.51. The highest BCUT2D eigenvalue weighted by molar-refractivity contribution is 5.86. The highest BCUT2D eigenvalue weighted by Gasteiger charge is 2.16. The van der Waals surface area contributed by atoms with E-state index < -0.39 is 0 Å². The highest BCUT2D eigenvalue weighted by atomic mass is 16.7. The second kappa shape index (κ2) is 9.04. The third kappa shape index (κ3) is 4.26. The molecular formula is C29H25N3O2. The van der Waals surface area contributed by atoms with Crippen molar-refractivity contribution in [2.75, 3.05) is 6.67 Å². The van der Waals surface area contributed by atoms with E-state index in [9.17, 15) is 0 Å². The van der Waals surface area contributed by atoms with Gasteiger partial charge in [0.2, 0.25) is 0 Å². The lowest BCUT2D eigenvalue weighted by molar-refractivity contribution is -0.0515. The van der Waals surface area contributed by atoms with E-state index >= 15 is 0 Å². The van der Waals surface area contributed by atoms with Gasteiger partial charge in [0.15, 0.2) is 6.40 Å². The van der Waals surface area contributed by atoms with Crippen molar-refractivity contribution in [2.45, 2.75) is 19.7 Å². The van der Waals surface area contributed by atoms with Gasteiger partial charge in [-0.15, -0.1) is 5.06 Å². The van der Waals surface area contributed by atoms with Crippen LogP contribution in [0.15, 0.2) is 102 Å². The molecule has 0 spiro atoms. The molecule has 34 heavy (non-hydrogen) atoms.